The molecule has 0 bridgehead atoms. The minimum Gasteiger partial charge on any atom is -0.517 e. The lowest BCUT2D eigenvalue weighted by Crippen LogP contribution is -2.52. The van der Waals surface area contributed by atoms with Crippen LogP contribution in [0.25, 0.3) is 0 Å². The van der Waals surface area contributed by atoms with Crippen LogP contribution >= 0.6 is 0 Å². The van der Waals surface area contributed by atoms with Crippen LogP contribution < -0.4 is 0 Å². The van der Waals surface area contributed by atoms with E-state index in [1.54, 1.807) is 0 Å². The zero-order chi connectivity index (χ0) is 7.78. The van der Waals surface area contributed by atoms with E-state index in [0.29, 0.717) is 6.54 Å². The summed E-state index contributed by atoms with van der Waals surface area (Å²) >= 11 is 0. The van der Waals surface area contributed by atoms with E-state index in [2.05, 4.69) is 13.1 Å². The second-order valence-corrected chi connectivity index (χ2v) is 7.45. The van der Waals surface area contributed by atoms with Crippen molar-refractivity contribution in [2.45, 2.75) is 13.1 Å². The highest BCUT2D eigenvalue weighted by Crippen LogP contribution is 2.11. The number of hydrogen-bond donors (Lipinski definition) is 0. The number of carbonyl (C=O) groups is 1. The predicted octanol–water partition coefficient (Wildman–Crippen LogP) is 0.219. The highest BCUT2D eigenvalue weighted by molar-refractivity contribution is 6.73. The van der Waals surface area contributed by atoms with Gasteiger partial charge < -0.3 is 4.43 Å². The Bertz CT molecular complexity index is 158. The van der Waals surface area contributed by atoms with Crippen LogP contribution in [-0.4, -0.2) is 38.9 Å². The summed E-state index contributed by atoms with van der Waals surface area (Å²) in [5, 5.41) is 0. The number of rotatable bonds is 0. The van der Waals surface area contributed by atoms with Crippen molar-refractivity contribution in [3.63, 3.8) is 0 Å². The summed E-state index contributed by atoms with van der Waals surface area (Å²) in [5.41, 5.74) is 0. The monoisotopic (exact) mass is 159 g/mol. The summed E-state index contributed by atoms with van der Waals surface area (Å²) in [7, 11) is 0.313. The van der Waals surface area contributed by atoms with Gasteiger partial charge in [0.1, 0.15) is 0 Å². The first-order chi connectivity index (χ1) is 4.49. The molecule has 1 fully saturated rings. The molecular weight excluding hydrogens is 146 g/mol. The minimum atomic E-state index is -1.64. The normalized spacial score (nSPS) is 26.1. The van der Waals surface area contributed by atoms with Gasteiger partial charge in [0.15, 0.2) is 0 Å². The summed E-state index contributed by atoms with van der Waals surface area (Å²) in [6.45, 7) is 4.57. The number of hydrogen-bond acceptors (Lipinski definition) is 3. The molecule has 10 heavy (non-hydrogen) atoms. The van der Waals surface area contributed by atoms with Crippen LogP contribution in [0.2, 0.25) is 13.1 Å². The first-order valence-electron chi connectivity index (χ1n) is 3.40. The molecule has 0 N–H and O–H groups in total. The number of likely N-dealkylation sites (N-methyl/N-ethyl adjacent to an activating group) is 1. The molecule has 3 nitrogen and oxygen atoms in total. The van der Waals surface area contributed by atoms with Gasteiger partial charge in [-0.05, 0) is 20.1 Å². The van der Waals surface area contributed by atoms with Crippen LogP contribution in [-0.2, 0) is 9.22 Å². The topological polar surface area (TPSA) is 29.5 Å². The Labute approximate surface area is 62.1 Å². The Morgan fingerprint density at radius 2 is 2.20 bits per heavy atom. The van der Waals surface area contributed by atoms with E-state index in [1.165, 1.54) is 0 Å². The summed E-state index contributed by atoms with van der Waals surface area (Å²) in [6.07, 6.45) is 0.957. The summed E-state index contributed by atoms with van der Waals surface area (Å²) < 4.78 is 5.20. The molecule has 0 amide bonds. The van der Waals surface area contributed by atoms with Crippen molar-refractivity contribution in [2.75, 3.05) is 19.8 Å². The van der Waals surface area contributed by atoms with Gasteiger partial charge in [-0.2, -0.15) is 0 Å². The smallest absolute Gasteiger partial charge is 0.306 e. The molecular formula is C6H13NO2Si. The summed E-state index contributed by atoms with van der Waals surface area (Å²) in [6, 6.07) is 0. The zero-order valence-electron chi connectivity index (χ0n) is 6.68. The van der Waals surface area contributed by atoms with E-state index in [9.17, 15) is 4.79 Å². The lowest BCUT2D eigenvalue weighted by Gasteiger charge is -2.33. The van der Waals surface area contributed by atoms with E-state index in [0.717, 1.165) is 6.17 Å². The van der Waals surface area contributed by atoms with Crippen molar-refractivity contribution in [3.05, 3.63) is 0 Å². The van der Waals surface area contributed by atoms with Crippen LogP contribution in [0.5, 0.6) is 0 Å². The van der Waals surface area contributed by atoms with Gasteiger partial charge in [0, 0.05) is 6.17 Å². The Balaban J connectivity index is 2.59. The van der Waals surface area contributed by atoms with Crippen molar-refractivity contribution < 1.29 is 9.22 Å². The van der Waals surface area contributed by atoms with Crippen molar-refractivity contribution in [2.24, 2.45) is 0 Å². The van der Waals surface area contributed by atoms with Crippen LogP contribution in [0.1, 0.15) is 0 Å². The second-order valence-electron chi connectivity index (χ2n) is 3.41. The van der Waals surface area contributed by atoms with Gasteiger partial charge >= 0.3 is 5.97 Å². The van der Waals surface area contributed by atoms with Crippen LogP contribution in [0.4, 0.5) is 0 Å². The molecule has 0 saturated carbocycles. The Kier molecular flexibility index (Phi) is 1.83. The van der Waals surface area contributed by atoms with Crippen LogP contribution in [0.3, 0.4) is 0 Å². The average molecular weight is 159 g/mol. The van der Waals surface area contributed by atoms with Gasteiger partial charge in [0.25, 0.3) is 8.32 Å². The lowest BCUT2D eigenvalue weighted by molar-refractivity contribution is -0.137. The minimum absolute atomic E-state index is 0.0644. The van der Waals surface area contributed by atoms with Crippen molar-refractivity contribution in [3.8, 4) is 0 Å². The molecule has 0 aromatic heterocycles. The van der Waals surface area contributed by atoms with Gasteiger partial charge in [-0.15, -0.1) is 0 Å². The Hall–Kier alpha value is -0.353. The Morgan fingerprint density at radius 3 is 2.60 bits per heavy atom. The fraction of sp³-hybridized carbons (Fsp3) is 0.833. The molecule has 1 aliphatic rings. The zero-order valence-corrected chi connectivity index (χ0v) is 7.68. The van der Waals surface area contributed by atoms with Crippen LogP contribution in [0.15, 0.2) is 0 Å². The molecule has 0 aromatic rings. The maximum absolute atomic E-state index is 10.9. The first kappa shape index (κ1) is 7.75. The molecule has 1 rings (SSSR count). The van der Waals surface area contributed by atoms with Crippen LogP contribution in [0, 0.1) is 0 Å². The van der Waals surface area contributed by atoms with E-state index in [-0.39, 0.29) is 5.97 Å². The first-order valence-corrected chi connectivity index (χ1v) is 6.51. The third-order valence-corrected chi connectivity index (χ3v) is 3.52. The fourth-order valence-corrected chi connectivity index (χ4v) is 3.46. The number of carbonyl (C=O) groups excluding carboxylic acids is 1. The maximum Gasteiger partial charge on any atom is 0.306 e. The van der Waals surface area contributed by atoms with Gasteiger partial charge in [0.05, 0.1) is 6.54 Å². The summed E-state index contributed by atoms with van der Waals surface area (Å²) in [5.74, 6) is -0.0644. The molecule has 0 radical (unpaired) electrons. The number of nitrogens with zero attached hydrogens (tertiary/aromatic N) is 1. The molecule has 1 saturated heterocycles. The molecule has 0 aliphatic carbocycles. The lowest BCUT2D eigenvalue weighted by atomic mass is 10.6. The van der Waals surface area contributed by atoms with E-state index < -0.39 is 8.32 Å². The maximum atomic E-state index is 10.9. The van der Waals surface area contributed by atoms with Gasteiger partial charge in [-0.1, -0.05) is 0 Å². The predicted molar refractivity (Wildman–Crippen MR) is 41.1 cm³/mol. The van der Waals surface area contributed by atoms with E-state index >= 15 is 0 Å². The average Bonchev–Trinajstić information content (AvgIpc) is 1.54. The SMILES string of the molecule is CN1CC(=O)O[Si](C)(C)C1. The highest BCUT2D eigenvalue weighted by Gasteiger charge is 2.33. The molecule has 0 aromatic carbocycles. The molecule has 4 heteroatoms. The van der Waals surface area contributed by atoms with E-state index in [4.69, 9.17) is 4.43 Å². The van der Waals surface area contributed by atoms with Crippen molar-refractivity contribution in [1.29, 1.82) is 0 Å². The molecule has 1 heterocycles. The van der Waals surface area contributed by atoms with Crippen molar-refractivity contribution >= 4 is 14.3 Å². The molecule has 58 valence electrons. The fourth-order valence-electron chi connectivity index (χ4n) is 1.30. The molecule has 0 spiro atoms. The van der Waals surface area contributed by atoms with Crippen molar-refractivity contribution in [1.82, 2.24) is 4.90 Å². The summed E-state index contributed by atoms with van der Waals surface area (Å²) in [4.78, 5) is 12.9. The standard InChI is InChI=1S/C6H13NO2Si/c1-7-4-6(8)9-10(2,3)5-7/h4-5H2,1-3H3. The molecule has 0 unspecified atom stereocenters. The van der Waals surface area contributed by atoms with Gasteiger partial charge in [-0.3, -0.25) is 9.69 Å². The molecule has 0 atom stereocenters. The van der Waals surface area contributed by atoms with E-state index in [1.807, 2.05) is 11.9 Å². The second kappa shape index (κ2) is 2.36. The quantitative estimate of drug-likeness (QED) is 0.474. The highest BCUT2D eigenvalue weighted by atomic mass is 28.4. The third-order valence-electron chi connectivity index (χ3n) is 1.44. The van der Waals surface area contributed by atoms with Gasteiger partial charge in [0.2, 0.25) is 0 Å². The third kappa shape index (κ3) is 1.81. The molecule has 1 aliphatic heterocycles. The Morgan fingerprint density at radius 1 is 1.60 bits per heavy atom. The van der Waals surface area contributed by atoms with Gasteiger partial charge in [-0.25, -0.2) is 0 Å². The largest absolute Gasteiger partial charge is 0.517 e.